The summed E-state index contributed by atoms with van der Waals surface area (Å²) in [7, 11) is 0. The molecule has 1 fully saturated rings. The minimum absolute atomic E-state index is 0.0295. The normalized spacial score (nSPS) is 19.2. The van der Waals surface area contributed by atoms with Crippen LogP contribution in [0.3, 0.4) is 0 Å². The van der Waals surface area contributed by atoms with Crippen LogP contribution in [0.15, 0.2) is 41.4 Å². The van der Waals surface area contributed by atoms with Crippen molar-refractivity contribution in [1.82, 2.24) is 10.3 Å². The zero-order chi connectivity index (χ0) is 16.4. The highest BCUT2D eigenvalue weighted by atomic mass is 35.5. The van der Waals surface area contributed by atoms with Crippen LogP contribution in [0.1, 0.15) is 16.8 Å². The van der Waals surface area contributed by atoms with Gasteiger partial charge in [0.05, 0.1) is 5.25 Å². The van der Waals surface area contributed by atoms with Gasteiger partial charge < -0.3 is 5.32 Å². The number of carbonyl (C=O) groups excluding carboxylic acids is 1. The molecule has 1 amide bonds. The lowest BCUT2D eigenvalue weighted by atomic mass is 10.1. The number of rotatable bonds is 3. The number of pyridine rings is 1. The van der Waals surface area contributed by atoms with Gasteiger partial charge >= 0.3 is 0 Å². The van der Waals surface area contributed by atoms with E-state index in [9.17, 15) is 4.79 Å². The molecule has 1 atom stereocenters. The molecule has 1 aliphatic rings. The number of benzene rings is 1. The highest BCUT2D eigenvalue weighted by Crippen LogP contribution is 2.26. The largest absolute Gasteiger partial charge is 0.304 e. The van der Waals surface area contributed by atoms with Crippen molar-refractivity contribution in [3.63, 3.8) is 0 Å². The predicted molar refractivity (Wildman–Crippen MR) is 95.5 cm³/mol. The van der Waals surface area contributed by atoms with Gasteiger partial charge in [-0.25, -0.2) is 9.98 Å². The van der Waals surface area contributed by atoms with E-state index in [2.05, 4.69) is 15.3 Å². The molecule has 23 heavy (non-hydrogen) atoms. The van der Waals surface area contributed by atoms with Crippen LogP contribution >= 0.6 is 23.4 Å². The van der Waals surface area contributed by atoms with E-state index in [0.29, 0.717) is 17.4 Å². The van der Waals surface area contributed by atoms with Crippen molar-refractivity contribution in [2.24, 2.45) is 4.99 Å². The smallest absolute Gasteiger partial charge is 0.239 e. The van der Waals surface area contributed by atoms with Crippen molar-refractivity contribution in [3.8, 4) is 0 Å². The van der Waals surface area contributed by atoms with E-state index < -0.39 is 0 Å². The number of aliphatic imine (C=N–C) groups is 1. The van der Waals surface area contributed by atoms with Crippen LogP contribution in [0.5, 0.6) is 0 Å². The van der Waals surface area contributed by atoms with Gasteiger partial charge in [0.2, 0.25) is 5.91 Å². The Morgan fingerprint density at radius 3 is 2.87 bits per heavy atom. The summed E-state index contributed by atoms with van der Waals surface area (Å²) in [6, 6.07) is 11.5. The molecule has 3 rings (SSSR count). The topological polar surface area (TPSA) is 54.4 Å². The zero-order valence-electron chi connectivity index (χ0n) is 12.8. The average molecular weight is 346 g/mol. The molecule has 0 radical (unpaired) electrons. The summed E-state index contributed by atoms with van der Waals surface area (Å²) < 4.78 is 0. The summed E-state index contributed by atoms with van der Waals surface area (Å²) >= 11 is 7.58. The molecular weight excluding hydrogens is 330 g/mol. The Morgan fingerprint density at radius 1 is 1.30 bits per heavy atom. The molecule has 4 nitrogen and oxygen atoms in total. The lowest BCUT2D eigenvalue weighted by Crippen LogP contribution is -2.26. The Hall–Kier alpha value is -1.85. The molecule has 1 aromatic carbocycles. The summed E-state index contributed by atoms with van der Waals surface area (Å²) in [6.45, 7) is 3.87. The highest BCUT2D eigenvalue weighted by molar-refractivity contribution is 8.15. The molecule has 2 heterocycles. The first-order chi connectivity index (χ1) is 11.0. The van der Waals surface area contributed by atoms with E-state index in [4.69, 9.17) is 11.6 Å². The summed E-state index contributed by atoms with van der Waals surface area (Å²) in [5.74, 6) is 0.574. The van der Waals surface area contributed by atoms with Gasteiger partial charge in [-0.2, -0.15) is 0 Å². The lowest BCUT2D eigenvalue weighted by Gasteiger charge is -2.07. The number of carbonyl (C=O) groups is 1. The maximum absolute atomic E-state index is 12.1. The second kappa shape index (κ2) is 6.72. The molecule has 0 unspecified atom stereocenters. The van der Waals surface area contributed by atoms with E-state index in [1.165, 1.54) is 11.8 Å². The second-order valence-electron chi connectivity index (χ2n) is 5.44. The van der Waals surface area contributed by atoms with Gasteiger partial charge in [-0.05, 0) is 49.6 Å². The van der Waals surface area contributed by atoms with Crippen LogP contribution in [-0.4, -0.2) is 21.3 Å². The lowest BCUT2D eigenvalue weighted by molar-refractivity contribution is -0.118. The Balaban J connectivity index is 1.73. The van der Waals surface area contributed by atoms with Crippen molar-refractivity contribution in [2.75, 3.05) is 0 Å². The number of hydrogen-bond donors (Lipinski definition) is 1. The minimum Gasteiger partial charge on any atom is -0.304 e. The van der Waals surface area contributed by atoms with Crippen molar-refractivity contribution in [1.29, 1.82) is 0 Å². The standard InChI is InChI=1S/C17H16ClN3OS/c1-10-6-7-12(8-13(10)18)9-14-16(22)21-17(23-14)20-15-5-3-4-11(2)19-15/h3-8,14H,9H2,1-2H3,(H,19,20,21,22)/t14-/m0/s1. The third-order valence-electron chi connectivity index (χ3n) is 3.52. The number of amides is 1. The molecule has 6 heteroatoms. The molecule has 1 N–H and O–H groups in total. The van der Waals surface area contributed by atoms with E-state index >= 15 is 0 Å². The maximum Gasteiger partial charge on any atom is 0.239 e. The van der Waals surface area contributed by atoms with Gasteiger partial charge in [0, 0.05) is 10.7 Å². The first-order valence-electron chi connectivity index (χ1n) is 7.26. The number of amidine groups is 1. The van der Waals surface area contributed by atoms with Gasteiger partial charge in [0.1, 0.15) is 0 Å². The number of halogens is 1. The van der Waals surface area contributed by atoms with Gasteiger partial charge in [0.25, 0.3) is 0 Å². The molecule has 1 saturated heterocycles. The molecule has 2 aromatic rings. The Kier molecular flexibility index (Phi) is 4.68. The number of nitrogens with zero attached hydrogens (tertiary/aromatic N) is 2. The van der Waals surface area contributed by atoms with Gasteiger partial charge in [-0.1, -0.05) is 41.6 Å². The molecule has 0 bridgehead atoms. The molecule has 0 spiro atoms. The van der Waals surface area contributed by atoms with Crippen LogP contribution < -0.4 is 5.32 Å². The molecule has 1 aliphatic heterocycles. The molecule has 0 saturated carbocycles. The van der Waals surface area contributed by atoms with Gasteiger partial charge in [-0.3, -0.25) is 4.79 Å². The van der Waals surface area contributed by atoms with E-state index in [1.54, 1.807) is 0 Å². The number of thioether (sulfide) groups is 1. The van der Waals surface area contributed by atoms with E-state index in [-0.39, 0.29) is 11.2 Å². The van der Waals surface area contributed by atoms with E-state index in [1.807, 2.05) is 50.2 Å². The fourth-order valence-corrected chi connectivity index (χ4v) is 3.48. The maximum atomic E-state index is 12.1. The third kappa shape index (κ3) is 3.92. The SMILES string of the molecule is Cc1cccc(/N=C2\NC(=O)[C@H](Cc3ccc(C)c(Cl)c3)S2)n1. The van der Waals surface area contributed by atoms with Crippen LogP contribution in [-0.2, 0) is 11.2 Å². The molecule has 0 aliphatic carbocycles. The second-order valence-corrected chi connectivity index (χ2v) is 7.04. The zero-order valence-corrected chi connectivity index (χ0v) is 14.4. The third-order valence-corrected chi connectivity index (χ3v) is 5.01. The highest BCUT2D eigenvalue weighted by Gasteiger charge is 2.30. The summed E-state index contributed by atoms with van der Waals surface area (Å²) in [5.41, 5.74) is 2.97. The van der Waals surface area contributed by atoms with Crippen molar-refractivity contribution in [2.45, 2.75) is 25.5 Å². The molecular formula is C17H16ClN3OS. The molecule has 118 valence electrons. The Bertz CT molecular complexity index is 791. The van der Waals surface area contributed by atoms with Crippen molar-refractivity contribution < 1.29 is 4.79 Å². The number of aryl methyl sites for hydroxylation is 2. The van der Waals surface area contributed by atoms with Gasteiger partial charge in [0.15, 0.2) is 11.0 Å². The molecule has 1 aromatic heterocycles. The van der Waals surface area contributed by atoms with E-state index in [0.717, 1.165) is 21.8 Å². The van der Waals surface area contributed by atoms with Crippen LogP contribution in [0.4, 0.5) is 5.82 Å². The first-order valence-corrected chi connectivity index (χ1v) is 8.52. The van der Waals surface area contributed by atoms with Crippen LogP contribution in [0.2, 0.25) is 5.02 Å². The minimum atomic E-state index is -0.197. The quantitative estimate of drug-likeness (QED) is 0.920. The summed E-state index contributed by atoms with van der Waals surface area (Å²) in [6.07, 6.45) is 0.622. The number of nitrogens with one attached hydrogen (secondary N) is 1. The summed E-state index contributed by atoms with van der Waals surface area (Å²) in [5, 5.41) is 3.94. The summed E-state index contributed by atoms with van der Waals surface area (Å²) in [4.78, 5) is 20.9. The van der Waals surface area contributed by atoms with Crippen LogP contribution in [0, 0.1) is 13.8 Å². The Labute approximate surface area is 144 Å². The first kappa shape index (κ1) is 16.0. The fraction of sp³-hybridized carbons (Fsp3) is 0.235. The number of aromatic nitrogens is 1. The van der Waals surface area contributed by atoms with Crippen LogP contribution in [0.25, 0.3) is 0 Å². The Morgan fingerprint density at radius 2 is 2.13 bits per heavy atom. The van der Waals surface area contributed by atoms with Crippen molar-refractivity contribution >= 4 is 40.3 Å². The van der Waals surface area contributed by atoms with Gasteiger partial charge in [-0.15, -0.1) is 0 Å². The average Bonchev–Trinajstić information content (AvgIpc) is 2.83. The monoisotopic (exact) mass is 345 g/mol. The van der Waals surface area contributed by atoms with Crippen molar-refractivity contribution in [3.05, 3.63) is 58.2 Å². The predicted octanol–water partition coefficient (Wildman–Crippen LogP) is 3.81. The fourth-order valence-electron chi connectivity index (χ4n) is 2.26. The number of hydrogen-bond acceptors (Lipinski definition) is 4.